The van der Waals surface area contributed by atoms with Crippen LogP contribution in [0.4, 0.5) is 17.1 Å². The van der Waals surface area contributed by atoms with Crippen LogP contribution in [0.25, 0.3) is 11.1 Å². The van der Waals surface area contributed by atoms with Gasteiger partial charge < -0.3 is 14.5 Å². The van der Waals surface area contributed by atoms with Crippen molar-refractivity contribution < 1.29 is 4.74 Å². The first-order valence-corrected chi connectivity index (χ1v) is 17.1. The first kappa shape index (κ1) is 27.1. The van der Waals surface area contributed by atoms with Crippen molar-refractivity contribution in [2.45, 2.75) is 69.1 Å². The standard InChI is InChI=1S/C40H42N4O/c1-42(27-12-6-7-13-27)30-20-22-35-33(24-30)34-25-31(43(2)28-14-8-9-15-28)21-23-36(34)40(35)37-26-44(29-16-4-3-5-17-29)41-39(37)32-18-10-11-19-38(32)45-40/h3-5,10-11,16-25,27-28,37H,6-9,12-15,26H2,1-2H3. The van der Waals surface area contributed by atoms with E-state index in [2.05, 4.69) is 120 Å². The van der Waals surface area contributed by atoms with Gasteiger partial charge in [0.05, 0.1) is 23.9 Å². The van der Waals surface area contributed by atoms with E-state index < -0.39 is 5.60 Å². The van der Waals surface area contributed by atoms with Crippen molar-refractivity contribution in [2.75, 3.05) is 35.4 Å². The van der Waals surface area contributed by atoms with Gasteiger partial charge in [0.1, 0.15) is 5.75 Å². The number of hydrazone groups is 1. The highest BCUT2D eigenvalue weighted by Gasteiger charge is 2.58. The number of benzene rings is 4. The zero-order chi connectivity index (χ0) is 30.1. The van der Waals surface area contributed by atoms with Gasteiger partial charge in [-0.05, 0) is 85.3 Å². The fraction of sp³-hybridized carbons (Fsp3) is 0.375. The molecule has 5 aliphatic rings. The molecule has 9 rings (SSSR count). The molecule has 2 saturated carbocycles. The Balaban J connectivity index is 1.23. The Labute approximate surface area is 267 Å². The number of hydrogen-bond donors (Lipinski definition) is 0. The number of ether oxygens (including phenoxy) is 1. The molecule has 0 aromatic heterocycles. The van der Waals surface area contributed by atoms with Gasteiger partial charge in [-0.15, -0.1) is 0 Å². The molecule has 45 heavy (non-hydrogen) atoms. The third-order valence-electron chi connectivity index (χ3n) is 11.5. The van der Waals surface area contributed by atoms with Crippen molar-refractivity contribution in [1.82, 2.24) is 0 Å². The lowest BCUT2D eigenvalue weighted by molar-refractivity contribution is 0.0757. The molecule has 1 spiro atoms. The molecule has 1 unspecified atom stereocenters. The minimum atomic E-state index is -0.656. The van der Waals surface area contributed by atoms with Gasteiger partial charge in [0.25, 0.3) is 0 Å². The van der Waals surface area contributed by atoms with E-state index in [1.165, 1.54) is 85.0 Å². The summed E-state index contributed by atoms with van der Waals surface area (Å²) in [6.45, 7) is 0.764. The van der Waals surface area contributed by atoms with Gasteiger partial charge in [-0.2, -0.15) is 5.10 Å². The minimum absolute atomic E-state index is 0.0458. The van der Waals surface area contributed by atoms with Crippen LogP contribution < -0.4 is 19.5 Å². The first-order chi connectivity index (χ1) is 22.1. The second-order valence-corrected chi connectivity index (χ2v) is 13.8. The summed E-state index contributed by atoms with van der Waals surface area (Å²) in [4.78, 5) is 5.06. The van der Waals surface area contributed by atoms with E-state index in [1.54, 1.807) is 0 Å². The van der Waals surface area contributed by atoms with Crippen molar-refractivity contribution >= 4 is 22.8 Å². The molecule has 2 heterocycles. The third kappa shape index (κ3) is 4.09. The molecule has 228 valence electrons. The van der Waals surface area contributed by atoms with Crippen LogP contribution in [-0.2, 0) is 5.60 Å². The number of nitrogens with zero attached hydrogens (tertiary/aromatic N) is 4. The van der Waals surface area contributed by atoms with Crippen molar-refractivity contribution in [2.24, 2.45) is 11.0 Å². The number of anilines is 3. The van der Waals surface area contributed by atoms with E-state index >= 15 is 0 Å². The Morgan fingerprint density at radius 1 is 0.667 bits per heavy atom. The summed E-state index contributed by atoms with van der Waals surface area (Å²) >= 11 is 0. The second-order valence-electron chi connectivity index (χ2n) is 13.8. The summed E-state index contributed by atoms with van der Waals surface area (Å²) in [5.41, 5.74) is 10.5. The normalized spacial score (nSPS) is 21.2. The molecule has 1 atom stereocenters. The Hall–Kier alpha value is -4.25. The molecule has 2 fully saturated rings. The van der Waals surface area contributed by atoms with Crippen molar-refractivity contribution in [3.8, 4) is 16.9 Å². The zero-order valence-corrected chi connectivity index (χ0v) is 26.5. The lowest BCUT2D eigenvalue weighted by Gasteiger charge is -2.42. The molecule has 4 aromatic carbocycles. The van der Waals surface area contributed by atoms with Crippen LogP contribution in [0.15, 0.2) is 96.1 Å². The predicted molar refractivity (Wildman–Crippen MR) is 185 cm³/mol. The summed E-state index contributed by atoms with van der Waals surface area (Å²) in [5.74, 6) is 0.963. The molecule has 0 amide bonds. The molecule has 3 aliphatic carbocycles. The van der Waals surface area contributed by atoms with Gasteiger partial charge in [-0.3, -0.25) is 5.01 Å². The van der Waals surface area contributed by atoms with E-state index in [9.17, 15) is 0 Å². The summed E-state index contributed by atoms with van der Waals surface area (Å²) in [6, 6.07) is 34.7. The van der Waals surface area contributed by atoms with Gasteiger partial charge in [0.2, 0.25) is 0 Å². The third-order valence-corrected chi connectivity index (χ3v) is 11.5. The number of rotatable bonds is 5. The Bertz CT molecular complexity index is 1710. The zero-order valence-electron chi connectivity index (χ0n) is 26.5. The molecule has 0 saturated heterocycles. The molecule has 5 heteroatoms. The van der Waals surface area contributed by atoms with Crippen LogP contribution in [0, 0.1) is 5.92 Å². The lowest BCUT2D eigenvalue weighted by Crippen LogP contribution is -2.49. The largest absolute Gasteiger partial charge is 0.476 e. The van der Waals surface area contributed by atoms with Crippen LogP contribution in [0.2, 0.25) is 0 Å². The average molecular weight is 595 g/mol. The number of para-hydroxylation sites is 2. The Morgan fingerprint density at radius 3 is 1.82 bits per heavy atom. The quantitative estimate of drug-likeness (QED) is 0.232. The van der Waals surface area contributed by atoms with Gasteiger partial charge in [-0.1, -0.05) is 68.1 Å². The van der Waals surface area contributed by atoms with E-state index in [4.69, 9.17) is 9.84 Å². The number of hydrogen-bond acceptors (Lipinski definition) is 5. The summed E-state index contributed by atoms with van der Waals surface area (Å²) in [5, 5.41) is 7.53. The van der Waals surface area contributed by atoms with Crippen molar-refractivity contribution in [1.29, 1.82) is 0 Å². The molecular weight excluding hydrogens is 552 g/mol. The number of fused-ring (bicyclic) bond motifs is 9. The van der Waals surface area contributed by atoms with E-state index in [-0.39, 0.29) is 5.92 Å². The minimum Gasteiger partial charge on any atom is -0.476 e. The maximum absolute atomic E-state index is 7.40. The van der Waals surface area contributed by atoms with Gasteiger partial charge >= 0.3 is 0 Å². The predicted octanol–water partition coefficient (Wildman–Crippen LogP) is 8.60. The van der Waals surface area contributed by atoms with Crippen LogP contribution in [0.3, 0.4) is 0 Å². The topological polar surface area (TPSA) is 31.3 Å². The summed E-state index contributed by atoms with van der Waals surface area (Å²) in [6.07, 6.45) is 10.4. The maximum atomic E-state index is 7.40. The fourth-order valence-electron chi connectivity index (χ4n) is 9.07. The molecule has 5 nitrogen and oxygen atoms in total. The van der Waals surface area contributed by atoms with E-state index in [0.29, 0.717) is 12.1 Å². The fourth-order valence-corrected chi connectivity index (χ4v) is 9.07. The van der Waals surface area contributed by atoms with Crippen LogP contribution in [-0.4, -0.2) is 38.4 Å². The monoisotopic (exact) mass is 594 g/mol. The van der Waals surface area contributed by atoms with E-state index in [0.717, 1.165) is 29.3 Å². The van der Waals surface area contributed by atoms with Gasteiger partial charge in [0.15, 0.2) is 5.60 Å². The Morgan fingerprint density at radius 2 is 1.22 bits per heavy atom. The average Bonchev–Trinajstić information content (AvgIpc) is 3.92. The molecule has 0 N–H and O–H groups in total. The molecular formula is C40H42N4O. The van der Waals surface area contributed by atoms with E-state index in [1.807, 2.05) is 0 Å². The lowest BCUT2D eigenvalue weighted by atomic mass is 9.73. The molecule has 2 aliphatic heterocycles. The van der Waals surface area contributed by atoms with Gasteiger partial charge in [-0.25, -0.2) is 0 Å². The maximum Gasteiger partial charge on any atom is 0.170 e. The highest BCUT2D eigenvalue weighted by molar-refractivity contribution is 6.09. The smallest absolute Gasteiger partial charge is 0.170 e. The highest BCUT2D eigenvalue weighted by atomic mass is 16.5. The summed E-state index contributed by atoms with van der Waals surface area (Å²) in [7, 11) is 4.58. The SMILES string of the molecule is CN(c1ccc2c(c1)-c1cc(N(C)C3CCCC3)ccc1C21Oc2ccccc2C2=NN(c3ccccc3)CC21)C1CCCC1. The molecule has 0 bridgehead atoms. The van der Waals surface area contributed by atoms with Crippen LogP contribution >= 0.6 is 0 Å². The highest BCUT2D eigenvalue weighted by Crippen LogP contribution is 2.59. The van der Waals surface area contributed by atoms with Crippen LogP contribution in [0.1, 0.15) is 68.1 Å². The Kier molecular flexibility index (Phi) is 6.26. The first-order valence-electron chi connectivity index (χ1n) is 17.1. The van der Waals surface area contributed by atoms with Crippen molar-refractivity contribution in [3.05, 3.63) is 108 Å². The van der Waals surface area contributed by atoms with Crippen LogP contribution in [0.5, 0.6) is 5.75 Å². The molecule has 4 aromatic rings. The van der Waals surface area contributed by atoms with Gasteiger partial charge in [0, 0.05) is 54.2 Å². The summed E-state index contributed by atoms with van der Waals surface area (Å²) < 4.78 is 7.40. The van der Waals surface area contributed by atoms with Crippen molar-refractivity contribution in [3.63, 3.8) is 0 Å². The molecule has 0 radical (unpaired) electrons. The second kappa shape index (κ2) is 10.4.